The van der Waals surface area contributed by atoms with Crippen molar-refractivity contribution < 1.29 is 4.74 Å². The zero-order valence-corrected chi connectivity index (χ0v) is 11.4. The van der Waals surface area contributed by atoms with Crippen molar-refractivity contribution in [3.8, 4) is 0 Å². The van der Waals surface area contributed by atoms with E-state index in [-0.39, 0.29) is 0 Å². The highest BCUT2D eigenvalue weighted by Crippen LogP contribution is 2.18. The monoisotopic (exact) mass is 249 g/mol. The molecule has 1 aromatic rings. The molecule has 4 nitrogen and oxygen atoms in total. The molecule has 1 N–H and O–H groups in total. The molecule has 1 aliphatic rings. The fraction of sp³-hybridized carbons (Fsp3) is 0.714. The SMILES string of the molecule is CCCC1CC(NCc2ccnc(C)n2)CCO1. The lowest BCUT2D eigenvalue weighted by Gasteiger charge is -2.30. The molecule has 0 saturated carbocycles. The maximum atomic E-state index is 5.75. The third-order valence-electron chi connectivity index (χ3n) is 3.38. The van der Waals surface area contributed by atoms with Crippen LogP contribution in [0.3, 0.4) is 0 Å². The van der Waals surface area contributed by atoms with Crippen molar-refractivity contribution in [3.63, 3.8) is 0 Å². The summed E-state index contributed by atoms with van der Waals surface area (Å²) >= 11 is 0. The van der Waals surface area contributed by atoms with Gasteiger partial charge in [0.25, 0.3) is 0 Å². The number of rotatable bonds is 5. The average Bonchev–Trinajstić information content (AvgIpc) is 2.37. The van der Waals surface area contributed by atoms with E-state index in [4.69, 9.17) is 4.74 Å². The summed E-state index contributed by atoms with van der Waals surface area (Å²) in [6.07, 6.45) is 6.85. The summed E-state index contributed by atoms with van der Waals surface area (Å²) in [7, 11) is 0. The van der Waals surface area contributed by atoms with Crippen molar-refractivity contribution in [3.05, 3.63) is 23.8 Å². The highest BCUT2D eigenvalue weighted by molar-refractivity contribution is 5.01. The summed E-state index contributed by atoms with van der Waals surface area (Å²) in [5.41, 5.74) is 1.07. The van der Waals surface area contributed by atoms with Gasteiger partial charge in [0.2, 0.25) is 0 Å². The molecule has 0 spiro atoms. The second-order valence-electron chi connectivity index (χ2n) is 4.98. The van der Waals surface area contributed by atoms with Crippen molar-refractivity contribution >= 4 is 0 Å². The van der Waals surface area contributed by atoms with Gasteiger partial charge in [0, 0.05) is 25.4 Å². The van der Waals surface area contributed by atoms with Gasteiger partial charge in [-0.05, 0) is 32.3 Å². The maximum Gasteiger partial charge on any atom is 0.125 e. The molecule has 1 aromatic heterocycles. The Bertz CT molecular complexity index is 368. The Kier molecular flexibility index (Phi) is 5.08. The molecule has 2 unspecified atom stereocenters. The van der Waals surface area contributed by atoms with Gasteiger partial charge >= 0.3 is 0 Å². The zero-order valence-electron chi connectivity index (χ0n) is 11.4. The van der Waals surface area contributed by atoms with Gasteiger partial charge in [-0.1, -0.05) is 13.3 Å². The van der Waals surface area contributed by atoms with E-state index in [1.54, 1.807) is 0 Å². The van der Waals surface area contributed by atoms with E-state index in [9.17, 15) is 0 Å². The van der Waals surface area contributed by atoms with E-state index in [0.29, 0.717) is 12.1 Å². The van der Waals surface area contributed by atoms with Crippen LogP contribution in [0.25, 0.3) is 0 Å². The van der Waals surface area contributed by atoms with E-state index in [0.717, 1.165) is 37.5 Å². The number of nitrogens with zero attached hydrogens (tertiary/aromatic N) is 2. The van der Waals surface area contributed by atoms with Crippen LogP contribution in [-0.2, 0) is 11.3 Å². The predicted molar refractivity (Wildman–Crippen MR) is 71.3 cm³/mol. The summed E-state index contributed by atoms with van der Waals surface area (Å²) in [4.78, 5) is 8.52. The number of ether oxygens (including phenoxy) is 1. The first-order chi connectivity index (χ1) is 8.78. The average molecular weight is 249 g/mol. The van der Waals surface area contributed by atoms with Crippen LogP contribution >= 0.6 is 0 Å². The highest BCUT2D eigenvalue weighted by atomic mass is 16.5. The minimum Gasteiger partial charge on any atom is -0.378 e. The second-order valence-corrected chi connectivity index (χ2v) is 4.98. The molecule has 0 amide bonds. The van der Waals surface area contributed by atoms with Gasteiger partial charge in [0.05, 0.1) is 11.8 Å². The number of hydrogen-bond donors (Lipinski definition) is 1. The van der Waals surface area contributed by atoms with Gasteiger partial charge < -0.3 is 10.1 Å². The van der Waals surface area contributed by atoms with Gasteiger partial charge in [-0.2, -0.15) is 0 Å². The largest absolute Gasteiger partial charge is 0.378 e. The Balaban J connectivity index is 1.79. The van der Waals surface area contributed by atoms with E-state index < -0.39 is 0 Å². The summed E-state index contributed by atoms with van der Waals surface area (Å²) in [6.45, 7) is 5.84. The van der Waals surface area contributed by atoms with Crippen LogP contribution in [0.15, 0.2) is 12.3 Å². The Morgan fingerprint density at radius 3 is 3.17 bits per heavy atom. The molecule has 0 aromatic carbocycles. The fourth-order valence-electron chi connectivity index (χ4n) is 2.44. The van der Waals surface area contributed by atoms with Crippen molar-refractivity contribution in [1.29, 1.82) is 0 Å². The fourth-order valence-corrected chi connectivity index (χ4v) is 2.44. The Morgan fingerprint density at radius 2 is 2.39 bits per heavy atom. The highest BCUT2D eigenvalue weighted by Gasteiger charge is 2.21. The minimum absolute atomic E-state index is 0.438. The van der Waals surface area contributed by atoms with Crippen molar-refractivity contribution in [1.82, 2.24) is 15.3 Å². The Morgan fingerprint density at radius 1 is 1.50 bits per heavy atom. The van der Waals surface area contributed by atoms with Crippen LogP contribution in [0.1, 0.15) is 44.1 Å². The molecule has 2 atom stereocenters. The minimum atomic E-state index is 0.438. The van der Waals surface area contributed by atoms with E-state index in [2.05, 4.69) is 22.2 Å². The van der Waals surface area contributed by atoms with Crippen molar-refractivity contribution in [2.75, 3.05) is 6.61 Å². The lowest BCUT2D eigenvalue weighted by atomic mass is 10.00. The van der Waals surface area contributed by atoms with Crippen LogP contribution in [0.2, 0.25) is 0 Å². The first-order valence-electron chi connectivity index (χ1n) is 6.91. The van der Waals surface area contributed by atoms with E-state index >= 15 is 0 Å². The molecule has 1 aliphatic heterocycles. The van der Waals surface area contributed by atoms with Crippen LogP contribution in [0, 0.1) is 6.92 Å². The van der Waals surface area contributed by atoms with E-state index in [1.807, 2.05) is 19.2 Å². The topological polar surface area (TPSA) is 47.0 Å². The van der Waals surface area contributed by atoms with Gasteiger partial charge in [0.1, 0.15) is 5.82 Å². The first-order valence-corrected chi connectivity index (χ1v) is 6.91. The zero-order chi connectivity index (χ0) is 12.8. The maximum absolute atomic E-state index is 5.75. The van der Waals surface area contributed by atoms with E-state index in [1.165, 1.54) is 12.8 Å². The third-order valence-corrected chi connectivity index (χ3v) is 3.38. The van der Waals surface area contributed by atoms with Gasteiger partial charge in [-0.3, -0.25) is 0 Å². The van der Waals surface area contributed by atoms with Crippen molar-refractivity contribution in [2.45, 2.75) is 58.2 Å². The summed E-state index contributed by atoms with van der Waals surface area (Å²) in [6, 6.07) is 2.54. The molecule has 0 aliphatic carbocycles. The number of nitrogens with one attached hydrogen (secondary N) is 1. The molecule has 2 rings (SSSR count). The Labute approximate surface area is 109 Å². The van der Waals surface area contributed by atoms with Crippen LogP contribution < -0.4 is 5.32 Å². The number of hydrogen-bond acceptors (Lipinski definition) is 4. The van der Waals surface area contributed by atoms with Gasteiger partial charge in [0.15, 0.2) is 0 Å². The normalized spacial score (nSPS) is 24.1. The molecular weight excluding hydrogens is 226 g/mol. The van der Waals surface area contributed by atoms with Gasteiger partial charge in [-0.15, -0.1) is 0 Å². The smallest absolute Gasteiger partial charge is 0.125 e. The predicted octanol–water partition coefficient (Wildman–Crippen LogP) is 2.22. The van der Waals surface area contributed by atoms with Crippen LogP contribution in [0.4, 0.5) is 0 Å². The van der Waals surface area contributed by atoms with Gasteiger partial charge in [-0.25, -0.2) is 9.97 Å². The first kappa shape index (κ1) is 13.4. The molecular formula is C14H23N3O. The standard InChI is InChI=1S/C14H23N3O/c1-3-4-14-9-12(6-8-18-14)16-10-13-5-7-15-11(2)17-13/h5,7,12,14,16H,3-4,6,8-10H2,1-2H3. The summed E-state index contributed by atoms with van der Waals surface area (Å²) in [5, 5.41) is 3.58. The third kappa shape index (κ3) is 4.03. The second kappa shape index (κ2) is 6.81. The molecule has 4 heteroatoms. The lowest BCUT2D eigenvalue weighted by molar-refractivity contribution is -0.00348. The van der Waals surface area contributed by atoms with Crippen LogP contribution in [-0.4, -0.2) is 28.7 Å². The Hall–Kier alpha value is -1.00. The quantitative estimate of drug-likeness (QED) is 0.869. The van der Waals surface area contributed by atoms with Crippen molar-refractivity contribution in [2.24, 2.45) is 0 Å². The lowest BCUT2D eigenvalue weighted by Crippen LogP contribution is -2.38. The van der Waals surface area contributed by atoms with Crippen LogP contribution in [0.5, 0.6) is 0 Å². The molecule has 1 saturated heterocycles. The number of aromatic nitrogens is 2. The molecule has 0 radical (unpaired) electrons. The number of aryl methyl sites for hydroxylation is 1. The molecule has 0 bridgehead atoms. The molecule has 2 heterocycles. The molecule has 18 heavy (non-hydrogen) atoms. The summed E-state index contributed by atoms with van der Waals surface area (Å²) < 4.78 is 5.75. The molecule has 100 valence electrons. The summed E-state index contributed by atoms with van der Waals surface area (Å²) in [5.74, 6) is 0.838. The molecule has 1 fully saturated rings.